The summed E-state index contributed by atoms with van der Waals surface area (Å²) in [5, 5.41) is 19.3. The largest absolute Gasteiger partial charge is 0.420 e. The lowest BCUT2D eigenvalue weighted by Gasteiger charge is -2.33. The first-order valence-corrected chi connectivity index (χ1v) is 11.6. The van der Waals surface area contributed by atoms with Crippen LogP contribution >= 0.6 is 15.9 Å². The maximum atomic E-state index is 12.9. The predicted molar refractivity (Wildman–Crippen MR) is 130 cm³/mol. The minimum atomic E-state index is -0.274. The highest BCUT2D eigenvalue weighted by atomic mass is 79.9. The molecule has 0 unspecified atom stereocenters. The van der Waals surface area contributed by atoms with Crippen LogP contribution in [0.4, 0.5) is 5.69 Å². The Balaban J connectivity index is 1.44. The lowest BCUT2D eigenvalue weighted by Crippen LogP contribution is -2.35. The molecule has 166 valence electrons. The number of nitrogens with zero attached hydrogens (tertiary/aromatic N) is 5. The van der Waals surface area contributed by atoms with Gasteiger partial charge in [-0.25, -0.2) is 0 Å². The van der Waals surface area contributed by atoms with Crippen LogP contribution in [-0.2, 0) is 7.05 Å². The number of anilines is 1. The second-order valence-electron chi connectivity index (χ2n) is 8.44. The average Bonchev–Trinajstić information content (AvgIpc) is 3.32. The van der Waals surface area contributed by atoms with Gasteiger partial charge in [0, 0.05) is 41.5 Å². The summed E-state index contributed by atoms with van der Waals surface area (Å²) in [5.41, 5.74) is 3.48. The molecular weight excluding hydrogens is 482 g/mol. The number of hydrogen-bond donors (Lipinski definition) is 0. The van der Waals surface area contributed by atoms with Crippen LogP contribution in [0.25, 0.3) is 22.4 Å². The Bertz CT molecular complexity index is 1460. The molecule has 0 saturated carbocycles. The first kappa shape index (κ1) is 21.4. The van der Waals surface area contributed by atoms with E-state index >= 15 is 0 Å². The van der Waals surface area contributed by atoms with Gasteiger partial charge in [-0.3, -0.25) is 4.79 Å². The summed E-state index contributed by atoms with van der Waals surface area (Å²) in [7, 11) is 1.71. The highest BCUT2D eigenvalue weighted by molar-refractivity contribution is 9.10. The molecule has 0 atom stereocenters. The van der Waals surface area contributed by atoms with Crippen LogP contribution in [0.15, 0.2) is 56.1 Å². The number of hydrogen-bond acceptors (Lipinski definition) is 6. The van der Waals surface area contributed by atoms with Gasteiger partial charge in [0.25, 0.3) is 5.56 Å². The molecule has 3 heterocycles. The van der Waals surface area contributed by atoms with Crippen LogP contribution in [0.1, 0.15) is 35.8 Å². The Morgan fingerprint density at radius 3 is 2.67 bits per heavy atom. The molecule has 4 aromatic rings. The van der Waals surface area contributed by atoms with Crippen LogP contribution in [-0.4, -0.2) is 27.9 Å². The predicted octanol–water partition coefficient (Wildman–Crippen LogP) is 4.92. The van der Waals surface area contributed by atoms with Gasteiger partial charge in [0.05, 0.1) is 11.2 Å². The molecule has 1 aliphatic rings. The van der Waals surface area contributed by atoms with E-state index in [0.717, 1.165) is 39.3 Å². The third kappa shape index (κ3) is 3.83. The van der Waals surface area contributed by atoms with E-state index in [-0.39, 0.29) is 17.0 Å². The summed E-state index contributed by atoms with van der Waals surface area (Å²) in [6, 6.07) is 16.0. The number of piperidine rings is 1. The molecule has 8 heteroatoms. The van der Waals surface area contributed by atoms with Gasteiger partial charge < -0.3 is 13.9 Å². The number of aryl methyl sites for hydroxylation is 2. The first-order chi connectivity index (χ1) is 16.0. The van der Waals surface area contributed by atoms with Crippen molar-refractivity contribution in [1.82, 2.24) is 14.8 Å². The number of rotatable bonds is 3. The minimum Gasteiger partial charge on any atom is -0.420 e. The van der Waals surface area contributed by atoms with E-state index in [2.05, 4.69) is 37.1 Å². The number of nitriles is 1. The monoisotopic (exact) mass is 503 g/mol. The van der Waals surface area contributed by atoms with E-state index in [1.807, 2.05) is 49.4 Å². The summed E-state index contributed by atoms with van der Waals surface area (Å²) in [4.78, 5) is 15.0. The van der Waals surface area contributed by atoms with Crippen molar-refractivity contribution in [3.8, 4) is 17.5 Å². The molecule has 0 N–H and O–H groups in total. The molecule has 2 aromatic heterocycles. The van der Waals surface area contributed by atoms with Crippen molar-refractivity contribution < 1.29 is 4.42 Å². The fourth-order valence-electron chi connectivity index (χ4n) is 4.58. The molecule has 0 amide bonds. The van der Waals surface area contributed by atoms with Gasteiger partial charge in [-0.15, -0.1) is 10.2 Å². The number of fused-ring (bicyclic) bond motifs is 1. The van der Waals surface area contributed by atoms with E-state index in [1.165, 1.54) is 0 Å². The third-order valence-electron chi connectivity index (χ3n) is 6.31. The standard InChI is InChI=1S/C25H22BrN5O2/c1-15-4-3-5-17(12-15)24-29-28-23(33-24)16-8-10-31(11-9-16)22-19-13-18(26)6-7-21(19)30(2)25(32)20(22)14-27/h3-7,12-13,16H,8-11H2,1-2H3. The molecule has 7 nitrogen and oxygen atoms in total. The normalized spacial score (nSPS) is 14.5. The molecule has 0 bridgehead atoms. The van der Waals surface area contributed by atoms with Gasteiger partial charge in [-0.1, -0.05) is 33.6 Å². The highest BCUT2D eigenvalue weighted by Gasteiger charge is 2.29. The molecule has 0 radical (unpaired) electrons. The van der Waals surface area contributed by atoms with Crippen molar-refractivity contribution >= 4 is 32.5 Å². The molecule has 33 heavy (non-hydrogen) atoms. The topological polar surface area (TPSA) is 88.0 Å². The van der Waals surface area contributed by atoms with Crippen molar-refractivity contribution in [3.63, 3.8) is 0 Å². The smallest absolute Gasteiger partial charge is 0.270 e. The lowest BCUT2D eigenvalue weighted by atomic mass is 9.95. The summed E-state index contributed by atoms with van der Waals surface area (Å²) >= 11 is 3.53. The quantitative estimate of drug-likeness (QED) is 0.394. The van der Waals surface area contributed by atoms with Crippen LogP contribution in [0.3, 0.4) is 0 Å². The number of pyridine rings is 1. The Morgan fingerprint density at radius 2 is 1.94 bits per heavy atom. The second kappa shape index (κ2) is 8.49. The van der Waals surface area contributed by atoms with Gasteiger partial charge in [0.1, 0.15) is 11.6 Å². The first-order valence-electron chi connectivity index (χ1n) is 10.8. The zero-order valence-corrected chi connectivity index (χ0v) is 20.0. The summed E-state index contributed by atoms with van der Waals surface area (Å²) in [5.74, 6) is 1.32. The van der Waals surface area contributed by atoms with Gasteiger partial charge in [0.15, 0.2) is 0 Å². The fraction of sp³-hybridized carbons (Fsp3) is 0.280. The molecule has 0 aliphatic carbocycles. The Kier molecular flexibility index (Phi) is 5.51. The van der Waals surface area contributed by atoms with E-state index in [4.69, 9.17) is 4.42 Å². The average molecular weight is 504 g/mol. The Morgan fingerprint density at radius 1 is 1.15 bits per heavy atom. The van der Waals surface area contributed by atoms with Crippen LogP contribution in [0, 0.1) is 18.3 Å². The molecule has 1 aliphatic heterocycles. The second-order valence-corrected chi connectivity index (χ2v) is 9.35. The summed E-state index contributed by atoms with van der Waals surface area (Å²) in [6.07, 6.45) is 1.59. The SMILES string of the molecule is Cc1cccc(-c2nnc(C3CCN(c4c(C#N)c(=O)n(C)c5ccc(Br)cc45)CC3)o2)c1. The maximum absolute atomic E-state index is 12.9. The van der Waals surface area contributed by atoms with E-state index in [1.54, 1.807) is 11.6 Å². The summed E-state index contributed by atoms with van der Waals surface area (Å²) < 4.78 is 8.47. The van der Waals surface area contributed by atoms with E-state index in [9.17, 15) is 10.1 Å². The fourth-order valence-corrected chi connectivity index (χ4v) is 4.94. The highest BCUT2D eigenvalue weighted by Crippen LogP contribution is 2.36. The van der Waals surface area contributed by atoms with Gasteiger partial charge >= 0.3 is 0 Å². The Labute approximate surface area is 199 Å². The Hall–Kier alpha value is -3.44. The van der Waals surface area contributed by atoms with Crippen molar-refractivity contribution in [3.05, 3.63) is 74.3 Å². The number of benzene rings is 2. The van der Waals surface area contributed by atoms with Crippen molar-refractivity contribution in [2.75, 3.05) is 18.0 Å². The van der Waals surface area contributed by atoms with Gasteiger partial charge in [0.2, 0.25) is 11.8 Å². The third-order valence-corrected chi connectivity index (χ3v) is 6.80. The molecule has 2 aromatic carbocycles. The van der Waals surface area contributed by atoms with Gasteiger partial charge in [-0.05, 0) is 50.1 Å². The zero-order chi connectivity index (χ0) is 23.1. The molecule has 1 fully saturated rings. The van der Waals surface area contributed by atoms with Crippen molar-refractivity contribution in [1.29, 1.82) is 5.26 Å². The van der Waals surface area contributed by atoms with Crippen LogP contribution < -0.4 is 10.5 Å². The van der Waals surface area contributed by atoms with Gasteiger partial charge in [-0.2, -0.15) is 5.26 Å². The molecule has 0 spiro atoms. The van der Waals surface area contributed by atoms with Crippen LogP contribution in [0.2, 0.25) is 0 Å². The van der Waals surface area contributed by atoms with Crippen LogP contribution in [0.5, 0.6) is 0 Å². The lowest BCUT2D eigenvalue weighted by molar-refractivity contribution is 0.398. The molecular formula is C25H22BrN5O2. The number of aromatic nitrogens is 3. The summed E-state index contributed by atoms with van der Waals surface area (Å²) in [6.45, 7) is 3.41. The van der Waals surface area contributed by atoms with E-state index < -0.39 is 0 Å². The molecule has 1 saturated heterocycles. The maximum Gasteiger partial charge on any atom is 0.270 e. The minimum absolute atomic E-state index is 0.141. The molecule has 5 rings (SSSR count). The number of halogens is 1. The van der Waals surface area contributed by atoms with E-state index in [0.29, 0.717) is 30.6 Å². The van der Waals surface area contributed by atoms with Crippen molar-refractivity contribution in [2.24, 2.45) is 7.05 Å². The zero-order valence-electron chi connectivity index (χ0n) is 18.4. The van der Waals surface area contributed by atoms with Crippen molar-refractivity contribution in [2.45, 2.75) is 25.7 Å².